The molecule has 2 saturated heterocycles. The van der Waals surface area contributed by atoms with Gasteiger partial charge >= 0.3 is 12.1 Å². The number of nitrogen functional groups attached to an aromatic ring is 1. The lowest BCUT2D eigenvalue weighted by molar-refractivity contribution is -0.157. The molecule has 6 rings (SSSR count). The summed E-state index contributed by atoms with van der Waals surface area (Å²) in [5.74, 6) is -0.133. The highest BCUT2D eigenvalue weighted by molar-refractivity contribution is 7.22. The zero-order chi connectivity index (χ0) is 36.4. The molecule has 0 spiro atoms. The molecule has 268 valence electrons. The van der Waals surface area contributed by atoms with E-state index >= 15 is 0 Å². The second kappa shape index (κ2) is 15.3. The molecule has 0 saturated carbocycles. The largest absolute Gasteiger partial charge is 0.414 e. The molecule has 1 aromatic heterocycles. The number of fused-ring (bicyclic) bond motifs is 2. The molecular weight excluding hydrogens is 715 g/mol. The molecule has 4 aromatic rings. The summed E-state index contributed by atoms with van der Waals surface area (Å²) in [5.41, 5.74) is 9.13. The molecule has 0 bridgehead atoms. The number of ether oxygens (including phenoxy) is 1. The van der Waals surface area contributed by atoms with E-state index in [2.05, 4.69) is 10.3 Å². The average molecular weight is 754 g/mol. The van der Waals surface area contributed by atoms with Gasteiger partial charge in [-0.15, -0.1) is 0 Å². The predicted octanol–water partition coefficient (Wildman–Crippen LogP) is 5.21. The monoisotopic (exact) mass is 752 g/mol. The second-order valence-electron chi connectivity index (χ2n) is 12.6. The van der Waals surface area contributed by atoms with Gasteiger partial charge in [0.25, 0.3) is 0 Å². The first-order valence-corrected chi connectivity index (χ1v) is 18.0. The highest BCUT2D eigenvalue weighted by Gasteiger charge is 2.52. The molecule has 0 radical (unpaired) electrons. The van der Waals surface area contributed by atoms with Crippen molar-refractivity contribution in [1.82, 2.24) is 35.0 Å². The van der Waals surface area contributed by atoms with Crippen LogP contribution in [0.2, 0.25) is 10.0 Å². The maximum absolute atomic E-state index is 14.4. The van der Waals surface area contributed by atoms with Crippen LogP contribution in [0.15, 0.2) is 60.7 Å². The van der Waals surface area contributed by atoms with Gasteiger partial charge in [0.15, 0.2) is 5.13 Å². The van der Waals surface area contributed by atoms with Crippen LogP contribution in [0.3, 0.4) is 0 Å². The Morgan fingerprint density at radius 3 is 2.51 bits per heavy atom. The lowest BCUT2D eigenvalue weighted by atomic mass is 9.99. The Morgan fingerprint density at radius 1 is 1.06 bits per heavy atom. The number of nitrogens with one attached hydrogen (secondary N) is 1. The number of piperazine rings is 1. The normalized spacial score (nSPS) is 17.5. The SMILES string of the molecule is CCCN(C(=O)NCc1ccc(Cl)c(Cl)c1)N1CC(=O)N2[C@@H](Cc3ccc(OC(=O)N(C)C)cc3)C(=O)N(Cc3cccc4sc(N)nc34)C[C@@H]21. The molecule has 3 aromatic carbocycles. The molecule has 5 amide bonds. The number of amides is 5. The van der Waals surface area contributed by atoms with Crippen molar-refractivity contribution < 1.29 is 23.9 Å². The van der Waals surface area contributed by atoms with Crippen LogP contribution in [-0.4, -0.2) is 99.6 Å². The summed E-state index contributed by atoms with van der Waals surface area (Å²) in [5, 5.41) is 7.50. The van der Waals surface area contributed by atoms with Crippen molar-refractivity contribution in [1.29, 1.82) is 0 Å². The minimum absolute atomic E-state index is 0.0832. The number of nitrogens with two attached hydrogens (primary N) is 1. The maximum atomic E-state index is 14.4. The Hall–Kier alpha value is -4.63. The van der Waals surface area contributed by atoms with Gasteiger partial charge in [-0.05, 0) is 53.4 Å². The fourth-order valence-corrected chi connectivity index (χ4v) is 7.44. The molecule has 13 nitrogen and oxygen atoms in total. The molecule has 51 heavy (non-hydrogen) atoms. The van der Waals surface area contributed by atoms with Gasteiger partial charge in [0.05, 0.1) is 33.4 Å². The van der Waals surface area contributed by atoms with Crippen molar-refractivity contribution in [3.8, 4) is 5.75 Å². The number of anilines is 1. The van der Waals surface area contributed by atoms with E-state index in [1.165, 1.54) is 16.2 Å². The van der Waals surface area contributed by atoms with Gasteiger partial charge in [-0.2, -0.15) is 5.01 Å². The number of rotatable bonds is 10. The number of carbonyl (C=O) groups is 4. The molecule has 16 heteroatoms. The smallest absolute Gasteiger partial charge is 0.410 e. The van der Waals surface area contributed by atoms with Crippen molar-refractivity contribution in [2.45, 2.75) is 45.1 Å². The first-order chi connectivity index (χ1) is 24.4. The van der Waals surface area contributed by atoms with Crippen LogP contribution in [-0.2, 0) is 29.1 Å². The maximum Gasteiger partial charge on any atom is 0.414 e. The fraction of sp³-hybridized carbons (Fsp3) is 0.343. The van der Waals surface area contributed by atoms with Gasteiger partial charge in [-0.1, -0.05) is 71.8 Å². The van der Waals surface area contributed by atoms with Crippen molar-refractivity contribution in [3.05, 3.63) is 87.4 Å². The molecule has 0 unspecified atom stereocenters. The third-order valence-electron chi connectivity index (χ3n) is 8.78. The van der Waals surface area contributed by atoms with E-state index in [4.69, 9.17) is 33.7 Å². The molecule has 2 aliphatic heterocycles. The number of hydrogen-bond donors (Lipinski definition) is 2. The van der Waals surface area contributed by atoms with Crippen molar-refractivity contribution in [2.75, 3.05) is 39.5 Å². The van der Waals surface area contributed by atoms with Crippen LogP contribution in [0.1, 0.15) is 30.0 Å². The van der Waals surface area contributed by atoms with E-state index in [0.29, 0.717) is 33.9 Å². The molecule has 0 aliphatic carbocycles. The number of thiazole rings is 1. The molecular formula is C35H38Cl2N8O5S. The quantitative estimate of drug-likeness (QED) is 0.225. The zero-order valence-corrected chi connectivity index (χ0v) is 30.7. The van der Waals surface area contributed by atoms with Crippen molar-refractivity contribution in [3.63, 3.8) is 0 Å². The van der Waals surface area contributed by atoms with E-state index in [1.54, 1.807) is 76.4 Å². The number of para-hydroxylation sites is 1. The van der Waals surface area contributed by atoms with E-state index in [0.717, 1.165) is 26.9 Å². The summed E-state index contributed by atoms with van der Waals surface area (Å²) >= 11 is 13.6. The first-order valence-electron chi connectivity index (χ1n) is 16.4. The van der Waals surface area contributed by atoms with E-state index in [9.17, 15) is 19.2 Å². The Morgan fingerprint density at radius 2 is 1.80 bits per heavy atom. The molecule has 3 heterocycles. The standard InChI is InChI=1S/C35H38Cl2N8O5S/c1-4-14-43(34(48)39-17-22-10-13-25(36)26(37)15-22)44-20-30(46)45-27(16-21-8-11-24(12-9-21)50-35(49)41(2)3)32(47)42(19-29(44)45)18-23-6-5-7-28-31(23)40-33(38)51-28/h5-13,15,27,29H,4,14,16-20H2,1-3H3,(H2,38,40)(H,39,48)/t27-,29+/m0/s1. The minimum Gasteiger partial charge on any atom is -0.410 e. The van der Waals surface area contributed by atoms with Crippen molar-refractivity contribution >= 4 is 73.8 Å². The number of benzene rings is 3. The predicted molar refractivity (Wildman–Crippen MR) is 196 cm³/mol. The number of aromatic nitrogens is 1. The summed E-state index contributed by atoms with van der Waals surface area (Å²) in [7, 11) is 3.18. The van der Waals surface area contributed by atoms with Gasteiger partial charge in [0, 0.05) is 40.2 Å². The number of urea groups is 1. The average Bonchev–Trinajstić information content (AvgIpc) is 3.65. The van der Waals surface area contributed by atoms with Gasteiger partial charge in [-0.3, -0.25) is 14.6 Å². The van der Waals surface area contributed by atoms with Gasteiger partial charge in [0.1, 0.15) is 18.0 Å². The van der Waals surface area contributed by atoms with E-state index in [1.807, 2.05) is 25.1 Å². The molecule has 2 fully saturated rings. The van der Waals surface area contributed by atoms with E-state index in [-0.39, 0.29) is 50.4 Å². The Balaban J connectivity index is 1.29. The summed E-state index contributed by atoms with van der Waals surface area (Å²) in [6, 6.07) is 16.5. The van der Waals surface area contributed by atoms with Crippen molar-refractivity contribution in [2.24, 2.45) is 0 Å². The van der Waals surface area contributed by atoms with Crippen LogP contribution in [0.5, 0.6) is 5.75 Å². The lowest BCUT2D eigenvalue weighted by Crippen LogP contribution is -2.66. The fourth-order valence-electron chi connectivity index (χ4n) is 6.33. The second-order valence-corrected chi connectivity index (χ2v) is 14.4. The molecule has 3 N–H and O–H groups in total. The minimum atomic E-state index is -0.862. The van der Waals surface area contributed by atoms with Gasteiger partial charge < -0.3 is 30.5 Å². The Labute approximate surface area is 309 Å². The molecule has 2 atom stereocenters. The van der Waals surface area contributed by atoms with Crippen LogP contribution >= 0.6 is 34.5 Å². The molecule has 2 aliphatic rings. The van der Waals surface area contributed by atoms with E-state index < -0.39 is 18.3 Å². The van der Waals surface area contributed by atoms with Crippen LogP contribution in [0.25, 0.3) is 10.2 Å². The third kappa shape index (κ3) is 7.83. The topological polar surface area (TPSA) is 145 Å². The number of halogens is 2. The highest BCUT2D eigenvalue weighted by atomic mass is 35.5. The van der Waals surface area contributed by atoms with Crippen LogP contribution in [0.4, 0.5) is 14.7 Å². The Kier molecular flexibility index (Phi) is 10.9. The number of hydrazine groups is 1. The van der Waals surface area contributed by atoms with Crippen LogP contribution < -0.4 is 15.8 Å². The summed E-state index contributed by atoms with van der Waals surface area (Å²) in [4.78, 5) is 63.3. The number of carbonyl (C=O) groups excluding carboxylic acids is 4. The zero-order valence-electron chi connectivity index (χ0n) is 28.3. The van der Waals surface area contributed by atoms with Gasteiger partial charge in [0.2, 0.25) is 11.8 Å². The third-order valence-corrected chi connectivity index (χ3v) is 10.4. The van der Waals surface area contributed by atoms with Crippen LogP contribution in [0, 0.1) is 0 Å². The van der Waals surface area contributed by atoms with Gasteiger partial charge in [-0.25, -0.2) is 14.6 Å². The Bertz CT molecular complexity index is 1960. The number of nitrogens with zero attached hydrogens (tertiary/aromatic N) is 6. The number of hydrogen-bond acceptors (Lipinski definition) is 9. The highest BCUT2D eigenvalue weighted by Crippen LogP contribution is 2.33. The summed E-state index contributed by atoms with van der Waals surface area (Å²) in [6.45, 7) is 2.80. The first kappa shape index (κ1) is 36.2. The summed E-state index contributed by atoms with van der Waals surface area (Å²) in [6.07, 6.45) is -0.302. The summed E-state index contributed by atoms with van der Waals surface area (Å²) < 4.78 is 6.27. The lowest BCUT2D eigenvalue weighted by Gasteiger charge is -2.46.